The Morgan fingerprint density at radius 1 is 0.769 bits per heavy atom. The van der Waals surface area contributed by atoms with Gasteiger partial charge < -0.3 is 18.9 Å². The van der Waals surface area contributed by atoms with Crippen LogP contribution in [0.5, 0.6) is 11.5 Å². The molecule has 3 rings (SSSR count). The summed E-state index contributed by atoms with van der Waals surface area (Å²) in [5.41, 5.74) is 1.43. The average Bonchev–Trinajstić information content (AvgIpc) is 2.96. The molecular weight excluding hydrogens is 488 g/mol. The van der Waals surface area contributed by atoms with Crippen LogP contribution in [0.1, 0.15) is 126 Å². The van der Waals surface area contributed by atoms with Crippen molar-refractivity contribution in [3.8, 4) is 11.5 Å². The van der Waals surface area contributed by atoms with Crippen LogP contribution < -0.4 is 9.47 Å². The molecule has 39 heavy (non-hydrogen) atoms. The first-order valence-electron chi connectivity index (χ1n) is 15.4. The van der Waals surface area contributed by atoms with Crippen LogP contribution in [0, 0.1) is 5.92 Å². The van der Waals surface area contributed by atoms with Crippen LogP contribution in [0.25, 0.3) is 0 Å². The minimum absolute atomic E-state index is 0.162. The van der Waals surface area contributed by atoms with Crippen LogP contribution in [0.3, 0.4) is 0 Å². The summed E-state index contributed by atoms with van der Waals surface area (Å²) in [6.45, 7) is 8.05. The molecule has 0 N–H and O–H groups in total. The Labute approximate surface area is 236 Å². The molecule has 0 radical (unpaired) electrons. The molecule has 2 aromatic carbocycles. The monoisotopic (exact) mass is 538 g/mol. The lowest BCUT2D eigenvalue weighted by molar-refractivity contribution is -0.237. The van der Waals surface area contributed by atoms with Crippen molar-refractivity contribution in [2.75, 3.05) is 13.2 Å². The lowest BCUT2D eigenvalue weighted by Crippen LogP contribution is -2.34. The van der Waals surface area contributed by atoms with Gasteiger partial charge in [-0.1, -0.05) is 96.6 Å². The van der Waals surface area contributed by atoms with Gasteiger partial charge in [0.25, 0.3) is 0 Å². The maximum atomic E-state index is 12.6. The fourth-order valence-electron chi connectivity index (χ4n) is 4.99. The highest BCUT2D eigenvalue weighted by molar-refractivity contribution is 5.91. The van der Waals surface area contributed by atoms with Gasteiger partial charge in [-0.05, 0) is 56.2 Å². The van der Waals surface area contributed by atoms with Crippen LogP contribution in [0.15, 0.2) is 48.5 Å². The van der Waals surface area contributed by atoms with Crippen LogP contribution in [-0.2, 0) is 9.47 Å². The van der Waals surface area contributed by atoms with E-state index >= 15 is 0 Å². The number of esters is 1. The molecule has 0 unspecified atom stereocenters. The summed E-state index contributed by atoms with van der Waals surface area (Å²) in [5.74, 6) is 1.33. The second kappa shape index (κ2) is 18.1. The Balaban J connectivity index is 1.37. The summed E-state index contributed by atoms with van der Waals surface area (Å²) in [4.78, 5) is 12.6. The van der Waals surface area contributed by atoms with Crippen LogP contribution in [0.4, 0.5) is 0 Å². The van der Waals surface area contributed by atoms with E-state index in [0.29, 0.717) is 23.8 Å². The van der Waals surface area contributed by atoms with Gasteiger partial charge >= 0.3 is 5.97 Å². The zero-order valence-electron chi connectivity index (χ0n) is 24.5. The van der Waals surface area contributed by atoms with Gasteiger partial charge in [0.15, 0.2) is 6.29 Å². The van der Waals surface area contributed by atoms with E-state index in [-0.39, 0.29) is 18.4 Å². The fourth-order valence-corrected chi connectivity index (χ4v) is 4.99. The highest BCUT2D eigenvalue weighted by Crippen LogP contribution is 2.32. The zero-order chi connectivity index (χ0) is 27.7. The first-order valence-corrected chi connectivity index (χ1v) is 15.4. The smallest absolute Gasteiger partial charge is 0.343 e. The predicted octanol–water partition coefficient (Wildman–Crippen LogP) is 9.45. The summed E-state index contributed by atoms with van der Waals surface area (Å²) in [7, 11) is 0. The third-order valence-electron chi connectivity index (χ3n) is 7.61. The maximum absolute atomic E-state index is 12.6. The van der Waals surface area contributed by atoms with Crippen molar-refractivity contribution in [1.82, 2.24) is 0 Å². The molecule has 3 atom stereocenters. The minimum atomic E-state index is -0.387. The lowest BCUT2D eigenvalue weighted by atomic mass is 9.95. The minimum Gasteiger partial charge on any atom is -0.494 e. The molecule has 1 aliphatic rings. The first-order chi connectivity index (χ1) is 19.1. The second-order valence-corrected chi connectivity index (χ2v) is 10.9. The topological polar surface area (TPSA) is 54.0 Å². The Kier molecular flexibility index (Phi) is 14.4. The fraction of sp³-hybridized carbons (Fsp3) is 0.618. The van der Waals surface area contributed by atoms with E-state index in [1.165, 1.54) is 70.6 Å². The maximum Gasteiger partial charge on any atom is 0.343 e. The number of hydrogen-bond donors (Lipinski definition) is 0. The summed E-state index contributed by atoms with van der Waals surface area (Å²) < 4.78 is 23.7. The molecule has 5 heteroatoms. The predicted molar refractivity (Wildman–Crippen MR) is 157 cm³/mol. The third-order valence-corrected chi connectivity index (χ3v) is 7.61. The highest BCUT2D eigenvalue weighted by atomic mass is 16.7. The Bertz CT molecular complexity index is 924. The molecule has 2 aromatic rings. The number of ether oxygens (including phenoxy) is 4. The van der Waals surface area contributed by atoms with E-state index in [2.05, 4.69) is 20.8 Å². The lowest BCUT2D eigenvalue weighted by Gasteiger charge is -2.35. The van der Waals surface area contributed by atoms with Crippen LogP contribution in [-0.4, -0.2) is 25.3 Å². The van der Waals surface area contributed by atoms with E-state index in [1.807, 2.05) is 24.3 Å². The van der Waals surface area contributed by atoms with Crippen molar-refractivity contribution >= 4 is 5.97 Å². The van der Waals surface area contributed by atoms with Gasteiger partial charge in [0, 0.05) is 11.5 Å². The molecular formula is C34H50O5. The number of benzene rings is 2. The second-order valence-electron chi connectivity index (χ2n) is 10.9. The molecule has 0 amide bonds. The van der Waals surface area contributed by atoms with Crippen molar-refractivity contribution in [1.29, 1.82) is 0 Å². The Morgan fingerprint density at radius 3 is 2.00 bits per heavy atom. The summed E-state index contributed by atoms with van der Waals surface area (Å²) in [6.07, 6.45) is 16.2. The molecule has 1 saturated heterocycles. The van der Waals surface area contributed by atoms with Crippen molar-refractivity contribution in [3.63, 3.8) is 0 Å². The van der Waals surface area contributed by atoms with E-state index < -0.39 is 0 Å². The standard InChI is InChI=1S/C34H50O5/c1-4-6-8-10-12-14-16-30-26-37-34(38-27(30)3)29-19-23-32(24-20-29)39-33(35)28-17-21-31(22-18-28)36-25-15-13-11-9-7-5-2/h17-24,27,30,34H,4-16,25-26H2,1-3H3/t27-,30+,34+/m1/s1. The van der Waals surface area contributed by atoms with Gasteiger partial charge in [0.2, 0.25) is 0 Å². The molecule has 0 saturated carbocycles. The van der Waals surface area contributed by atoms with Crippen molar-refractivity contribution < 1.29 is 23.7 Å². The molecule has 5 nitrogen and oxygen atoms in total. The van der Waals surface area contributed by atoms with Crippen LogP contribution >= 0.6 is 0 Å². The summed E-state index contributed by atoms with van der Waals surface area (Å²) in [6, 6.07) is 14.6. The van der Waals surface area contributed by atoms with Gasteiger partial charge in [0.1, 0.15) is 11.5 Å². The van der Waals surface area contributed by atoms with Gasteiger partial charge in [-0.3, -0.25) is 0 Å². The van der Waals surface area contributed by atoms with Crippen molar-refractivity contribution in [3.05, 3.63) is 59.7 Å². The zero-order valence-corrected chi connectivity index (χ0v) is 24.5. The third kappa shape index (κ3) is 11.3. The number of hydrogen-bond acceptors (Lipinski definition) is 5. The molecule has 0 aliphatic carbocycles. The van der Waals surface area contributed by atoms with E-state index in [1.54, 1.807) is 24.3 Å². The van der Waals surface area contributed by atoms with Gasteiger partial charge in [-0.15, -0.1) is 0 Å². The van der Waals surface area contributed by atoms with Gasteiger partial charge in [-0.25, -0.2) is 4.79 Å². The van der Waals surface area contributed by atoms with E-state index in [4.69, 9.17) is 18.9 Å². The van der Waals surface area contributed by atoms with Gasteiger partial charge in [0.05, 0.1) is 24.9 Å². The molecule has 0 spiro atoms. The summed E-state index contributed by atoms with van der Waals surface area (Å²) in [5, 5.41) is 0. The van der Waals surface area contributed by atoms with E-state index in [9.17, 15) is 4.79 Å². The van der Waals surface area contributed by atoms with Crippen molar-refractivity contribution in [2.24, 2.45) is 5.92 Å². The first kappa shape index (κ1) is 31.2. The number of unbranched alkanes of at least 4 members (excludes halogenated alkanes) is 10. The normalized spacial score (nSPS) is 19.1. The molecule has 216 valence electrons. The molecule has 1 heterocycles. The molecule has 1 fully saturated rings. The number of carbonyl (C=O) groups excluding carboxylic acids is 1. The molecule has 0 aromatic heterocycles. The Morgan fingerprint density at radius 2 is 1.36 bits per heavy atom. The largest absolute Gasteiger partial charge is 0.494 e. The van der Waals surface area contributed by atoms with Gasteiger partial charge in [-0.2, -0.15) is 0 Å². The average molecular weight is 539 g/mol. The molecule has 1 aliphatic heterocycles. The summed E-state index contributed by atoms with van der Waals surface area (Å²) >= 11 is 0. The molecule has 0 bridgehead atoms. The van der Waals surface area contributed by atoms with Crippen LogP contribution in [0.2, 0.25) is 0 Å². The Hall–Kier alpha value is -2.37. The quantitative estimate of drug-likeness (QED) is 0.107. The van der Waals surface area contributed by atoms with E-state index in [0.717, 1.165) is 30.8 Å². The SMILES string of the molecule is CCCCCCCCOc1ccc(C(=O)Oc2ccc([C@H]3OC[C@H](CCCCCCCC)[C@@H](C)O3)cc2)cc1. The number of carbonyl (C=O) groups is 1. The highest BCUT2D eigenvalue weighted by Gasteiger charge is 2.29. The van der Waals surface area contributed by atoms with Crippen molar-refractivity contribution in [2.45, 2.75) is 117 Å². The number of rotatable bonds is 18.